The Morgan fingerprint density at radius 1 is 0.912 bits per heavy atom. The second-order valence-corrected chi connectivity index (χ2v) is 8.96. The summed E-state index contributed by atoms with van der Waals surface area (Å²) in [6, 6.07) is 21.1. The monoisotopic (exact) mass is 461 g/mol. The molecular formula is C28H35N3O3. The van der Waals surface area contributed by atoms with Gasteiger partial charge in [0.2, 0.25) is 5.91 Å². The van der Waals surface area contributed by atoms with Crippen LogP contribution in [0.3, 0.4) is 0 Å². The van der Waals surface area contributed by atoms with E-state index in [0.717, 1.165) is 34.8 Å². The molecule has 3 rings (SSSR count). The standard InChI is InChI=1S/C28H35N3O3/c1-5-24-13-9-10-14-26(24)29-28(33)31(17-21(2)3)20-27(32)30(18-23-11-7-6-8-12-23)19-25-16-15-22(4)34-25/h6-16,21H,5,17-20H2,1-4H3,(H,29,33). The van der Waals surface area contributed by atoms with Crippen molar-refractivity contribution in [3.63, 3.8) is 0 Å². The van der Waals surface area contributed by atoms with Gasteiger partial charge in [-0.15, -0.1) is 0 Å². The van der Waals surface area contributed by atoms with E-state index < -0.39 is 0 Å². The highest BCUT2D eigenvalue weighted by Crippen LogP contribution is 2.18. The molecule has 6 nitrogen and oxygen atoms in total. The summed E-state index contributed by atoms with van der Waals surface area (Å²) < 4.78 is 5.74. The van der Waals surface area contributed by atoms with Gasteiger partial charge in [-0.25, -0.2) is 4.79 Å². The van der Waals surface area contributed by atoms with Gasteiger partial charge in [0, 0.05) is 18.8 Å². The Balaban J connectivity index is 1.78. The maximum atomic E-state index is 13.5. The fourth-order valence-electron chi connectivity index (χ4n) is 3.86. The van der Waals surface area contributed by atoms with Crippen molar-refractivity contribution >= 4 is 17.6 Å². The minimum Gasteiger partial charge on any atom is -0.464 e. The smallest absolute Gasteiger partial charge is 0.322 e. The van der Waals surface area contributed by atoms with Crippen LogP contribution >= 0.6 is 0 Å². The lowest BCUT2D eigenvalue weighted by atomic mass is 10.1. The maximum absolute atomic E-state index is 13.5. The lowest BCUT2D eigenvalue weighted by Gasteiger charge is -2.29. The summed E-state index contributed by atoms with van der Waals surface area (Å²) in [7, 11) is 0. The van der Waals surface area contributed by atoms with Gasteiger partial charge < -0.3 is 19.5 Å². The number of hydrogen-bond donors (Lipinski definition) is 1. The molecule has 0 spiro atoms. The van der Waals surface area contributed by atoms with Crippen molar-refractivity contribution < 1.29 is 14.0 Å². The first-order chi connectivity index (χ1) is 16.4. The number of para-hydroxylation sites is 1. The summed E-state index contributed by atoms with van der Waals surface area (Å²) in [5.41, 5.74) is 2.87. The number of rotatable bonds is 10. The van der Waals surface area contributed by atoms with Gasteiger partial charge in [0.05, 0.1) is 6.54 Å². The van der Waals surface area contributed by atoms with Crippen molar-refractivity contribution in [3.8, 4) is 0 Å². The SMILES string of the molecule is CCc1ccccc1NC(=O)N(CC(=O)N(Cc1ccccc1)Cc1ccc(C)o1)CC(C)C. The van der Waals surface area contributed by atoms with Crippen molar-refractivity contribution in [2.75, 3.05) is 18.4 Å². The van der Waals surface area contributed by atoms with Crippen LogP contribution in [-0.4, -0.2) is 34.8 Å². The van der Waals surface area contributed by atoms with Crippen LogP contribution in [0.4, 0.5) is 10.5 Å². The summed E-state index contributed by atoms with van der Waals surface area (Å²) in [4.78, 5) is 30.1. The average molecular weight is 462 g/mol. The van der Waals surface area contributed by atoms with E-state index in [9.17, 15) is 9.59 Å². The fourth-order valence-corrected chi connectivity index (χ4v) is 3.86. The molecule has 0 saturated heterocycles. The van der Waals surface area contributed by atoms with Crippen LogP contribution in [0.2, 0.25) is 0 Å². The van der Waals surface area contributed by atoms with Gasteiger partial charge in [-0.2, -0.15) is 0 Å². The number of carbonyl (C=O) groups is 2. The molecule has 1 heterocycles. The number of benzene rings is 2. The van der Waals surface area contributed by atoms with E-state index in [1.54, 1.807) is 9.80 Å². The molecule has 3 aromatic rings. The highest BCUT2D eigenvalue weighted by molar-refractivity contribution is 5.93. The van der Waals surface area contributed by atoms with Crippen molar-refractivity contribution in [2.45, 2.75) is 47.2 Å². The molecule has 0 bridgehead atoms. The van der Waals surface area contributed by atoms with Crippen LogP contribution in [0.25, 0.3) is 0 Å². The van der Waals surface area contributed by atoms with Gasteiger partial charge in [-0.1, -0.05) is 69.3 Å². The molecule has 3 amide bonds. The zero-order chi connectivity index (χ0) is 24.5. The highest BCUT2D eigenvalue weighted by atomic mass is 16.3. The van der Waals surface area contributed by atoms with E-state index in [1.165, 1.54) is 0 Å². The normalized spacial score (nSPS) is 10.9. The maximum Gasteiger partial charge on any atom is 0.322 e. The van der Waals surface area contributed by atoms with Crippen LogP contribution in [0.1, 0.15) is 43.4 Å². The molecule has 0 aliphatic carbocycles. The van der Waals surface area contributed by atoms with Gasteiger partial charge in [0.1, 0.15) is 18.1 Å². The summed E-state index contributed by atoms with van der Waals surface area (Å²) in [6.45, 7) is 9.27. The van der Waals surface area contributed by atoms with E-state index in [4.69, 9.17) is 4.42 Å². The van der Waals surface area contributed by atoms with Crippen LogP contribution in [0.15, 0.2) is 71.1 Å². The third kappa shape index (κ3) is 7.24. The molecular weight excluding hydrogens is 426 g/mol. The predicted octanol–water partition coefficient (Wildman–Crippen LogP) is 5.87. The van der Waals surface area contributed by atoms with E-state index in [-0.39, 0.29) is 24.4 Å². The molecule has 0 aliphatic heterocycles. The Bertz CT molecular complexity index is 1080. The third-order valence-corrected chi connectivity index (χ3v) is 5.55. The number of nitrogens with zero attached hydrogens (tertiary/aromatic N) is 2. The molecule has 1 N–H and O–H groups in total. The number of carbonyl (C=O) groups excluding carboxylic acids is 2. The summed E-state index contributed by atoms with van der Waals surface area (Å²) >= 11 is 0. The van der Waals surface area contributed by atoms with Crippen molar-refractivity contribution in [3.05, 3.63) is 89.4 Å². The van der Waals surface area contributed by atoms with Crippen LogP contribution in [0.5, 0.6) is 0 Å². The van der Waals surface area contributed by atoms with Crippen LogP contribution < -0.4 is 5.32 Å². The number of anilines is 1. The average Bonchev–Trinajstić information content (AvgIpc) is 3.23. The van der Waals surface area contributed by atoms with E-state index >= 15 is 0 Å². The number of nitrogens with one attached hydrogen (secondary N) is 1. The molecule has 0 fully saturated rings. The lowest BCUT2D eigenvalue weighted by Crippen LogP contribution is -2.45. The largest absolute Gasteiger partial charge is 0.464 e. The quantitative estimate of drug-likeness (QED) is 0.411. The Morgan fingerprint density at radius 3 is 2.26 bits per heavy atom. The number of hydrogen-bond acceptors (Lipinski definition) is 3. The molecule has 0 atom stereocenters. The number of furan rings is 1. The molecule has 6 heteroatoms. The van der Waals surface area contributed by atoms with E-state index in [2.05, 4.69) is 12.2 Å². The Morgan fingerprint density at radius 2 is 1.62 bits per heavy atom. The van der Waals surface area contributed by atoms with Gasteiger partial charge in [0.25, 0.3) is 0 Å². The first-order valence-electron chi connectivity index (χ1n) is 11.9. The van der Waals surface area contributed by atoms with Crippen molar-refractivity contribution in [1.29, 1.82) is 0 Å². The second-order valence-electron chi connectivity index (χ2n) is 8.96. The fraction of sp³-hybridized carbons (Fsp3) is 0.357. The molecule has 2 aromatic carbocycles. The summed E-state index contributed by atoms with van der Waals surface area (Å²) in [5, 5.41) is 3.01. The first kappa shape index (κ1) is 25.1. The Labute approximate surface area is 202 Å². The second kappa shape index (κ2) is 12.1. The highest BCUT2D eigenvalue weighted by Gasteiger charge is 2.24. The molecule has 34 heavy (non-hydrogen) atoms. The third-order valence-electron chi connectivity index (χ3n) is 5.55. The van der Waals surface area contributed by atoms with Crippen LogP contribution in [-0.2, 0) is 24.3 Å². The number of aryl methyl sites for hydroxylation is 2. The summed E-state index contributed by atoms with van der Waals surface area (Å²) in [5.74, 6) is 1.61. The number of urea groups is 1. The molecule has 1 aromatic heterocycles. The van der Waals surface area contributed by atoms with Gasteiger partial charge in [-0.05, 0) is 48.6 Å². The zero-order valence-corrected chi connectivity index (χ0v) is 20.6. The van der Waals surface area contributed by atoms with Crippen LogP contribution in [0, 0.1) is 12.8 Å². The van der Waals surface area contributed by atoms with E-state index in [1.807, 2.05) is 87.5 Å². The molecule has 180 valence electrons. The minimum atomic E-state index is -0.267. The Kier molecular flexibility index (Phi) is 8.91. The number of amides is 3. The topological polar surface area (TPSA) is 65.8 Å². The summed E-state index contributed by atoms with van der Waals surface area (Å²) in [6.07, 6.45) is 0.812. The van der Waals surface area contributed by atoms with Gasteiger partial charge in [0.15, 0.2) is 0 Å². The molecule has 0 aliphatic rings. The predicted molar refractivity (Wildman–Crippen MR) is 135 cm³/mol. The van der Waals surface area contributed by atoms with E-state index in [0.29, 0.717) is 19.6 Å². The molecule has 0 radical (unpaired) electrons. The molecule has 0 saturated carbocycles. The van der Waals surface area contributed by atoms with Crippen molar-refractivity contribution in [1.82, 2.24) is 9.80 Å². The molecule has 0 unspecified atom stereocenters. The Hall–Kier alpha value is -3.54. The first-order valence-corrected chi connectivity index (χ1v) is 11.9. The minimum absolute atomic E-state index is 0.00910. The zero-order valence-electron chi connectivity index (χ0n) is 20.6. The van der Waals surface area contributed by atoms with Gasteiger partial charge in [-0.3, -0.25) is 4.79 Å². The van der Waals surface area contributed by atoms with Crippen molar-refractivity contribution in [2.24, 2.45) is 5.92 Å². The lowest BCUT2D eigenvalue weighted by molar-refractivity contribution is -0.133. The van der Waals surface area contributed by atoms with Gasteiger partial charge >= 0.3 is 6.03 Å².